The summed E-state index contributed by atoms with van der Waals surface area (Å²) < 4.78 is 0. The molecule has 64 valence electrons. The smallest absolute Gasteiger partial charge is 0.220 e. The Labute approximate surface area is 75.6 Å². The van der Waals surface area contributed by atoms with E-state index in [1.165, 1.54) is 10.4 Å². The fourth-order valence-corrected chi connectivity index (χ4v) is 2.48. The summed E-state index contributed by atoms with van der Waals surface area (Å²) in [5.74, 6) is 0.613. The second kappa shape index (κ2) is 2.90. The van der Waals surface area contributed by atoms with E-state index in [0.29, 0.717) is 12.3 Å². The molecule has 0 saturated carbocycles. The molecular formula is C9H11NOS. The van der Waals surface area contributed by atoms with E-state index in [2.05, 4.69) is 23.7 Å². The molecule has 1 unspecified atom stereocenters. The molecule has 1 atom stereocenters. The van der Waals surface area contributed by atoms with Gasteiger partial charge in [0.2, 0.25) is 5.91 Å². The van der Waals surface area contributed by atoms with Crippen LogP contribution >= 0.6 is 11.3 Å². The van der Waals surface area contributed by atoms with Crippen molar-refractivity contribution in [1.29, 1.82) is 0 Å². The Hall–Kier alpha value is -0.830. The zero-order valence-electron chi connectivity index (χ0n) is 6.96. The lowest BCUT2D eigenvalue weighted by Gasteiger charge is -2.01. The van der Waals surface area contributed by atoms with Gasteiger partial charge in [0.15, 0.2) is 0 Å². The van der Waals surface area contributed by atoms with Gasteiger partial charge in [-0.25, -0.2) is 0 Å². The summed E-state index contributed by atoms with van der Waals surface area (Å²) in [6.45, 7) is 2.91. The summed E-state index contributed by atoms with van der Waals surface area (Å²) in [4.78, 5) is 12.3. The normalized spacial score (nSPS) is 22.8. The quantitative estimate of drug-likeness (QED) is 0.701. The van der Waals surface area contributed by atoms with Crippen LogP contribution in [0.1, 0.15) is 22.8 Å². The highest BCUT2D eigenvalue weighted by Gasteiger charge is 2.23. The van der Waals surface area contributed by atoms with Gasteiger partial charge in [0, 0.05) is 23.8 Å². The van der Waals surface area contributed by atoms with Crippen LogP contribution in [0.5, 0.6) is 0 Å². The van der Waals surface area contributed by atoms with E-state index in [9.17, 15) is 4.79 Å². The fraction of sp³-hybridized carbons (Fsp3) is 0.444. The maximum absolute atomic E-state index is 10.9. The minimum atomic E-state index is 0.186. The number of rotatable bonds is 1. The van der Waals surface area contributed by atoms with Crippen LogP contribution in [0, 0.1) is 6.92 Å². The van der Waals surface area contributed by atoms with Crippen LogP contribution in [0.2, 0.25) is 0 Å². The molecule has 2 heterocycles. The molecule has 0 bridgehead atoms. The fourth-order valence-electron chi connectivity index (χ4n) is 1.47. The molecule has 2 rings (SSSR count). The summed E-state index contributed by atoms with van der Waals surface area (Å²) in [5.41, 5.74) is 1.30. The Morgan fingerprint density at radius 1 is 1.67 bits per heavy atom. The Balaban J connectivity index is 2.15. The first-order chi connectivity index (χ1) is 5.75. The van der Waals surface area contributed by atoms with Gasteiger partial charge in [0.25, 0.3) is 0 Å². The summed E-state index contributed by atoms with van der Waals surface area (Å²) in [6.07, 6.45) is 0.667. The first kappa shape index (κ1) is 7.80. The van der Waals surface area contributed by atoms with Crippen molar-refractivity contribution in [2.45, 2.75) is 19.3 Å². The van der Waals surface area contributed by atoms with Crippen LogP contribution in [0.3, 0.4) is 0 Å². The number of carbonyl (C=O) groups is 1. The van der Waals surface area contributed by atoms with E-state index in [4.69, 9.17) is 0 Å². The van der Waals surface area contributed by atoms with Crippen LogP contribution in [0.4, 0.5) is 0 Å². The van der Waals surface area contributed by atoms with Gasteiger partial charge in [0.1, 0.15) is 0 Å². The van der Waals surface area contributed by atoms with E-state index >= 15 is 0 Å². The third-order valence-corrected chi connectivity index (χ3v) is 3.34. The van der Waals surface area contributed by atoms with Crippen molar-refractivity contribution in [2.24, 2.45) is 0 Å². The van der Waals surface area contributed by atoms with Crippen molar-refractivity contribution in [2.75, 3.05) is 6.54 Å². The summed E-state index contributed by atoms with van der Waals surface area (Å²) in [5, 5.41) is 4.98. The molecule has 12 heavy (non-hydrogen) atoms. The number of carbonyl (C=O) groups excluding carboxylic acids is 1. The number of amides is 1. The van der Waals surface area contributed by atoms with Gasteiger partial charge in [-0.1, -0.05) is 0 Å². The zero-order chi connectivity index (χ0) is 8.55. The Morgan fingerprint density at radius 2 is 2.50 bits per heavy atom. The molecule has 3 heteroatoms. The average molecular weight is 181 g/mol. The topological polar surface area (TPSA) is 29.1 Å². The summed E-state index contributed by atoms with van der Waals surface area (Å²) in [7, 11) is 0. The molecule has 1 aliphatic rings. The standard InChI is InChI=1S/C9H11NOS/c1-6-2-8(12-5-6)7-3-9(11)10-4-7/h2,5,7H,3-4H2,1H3,(H,10,11). The molecule has 2 nitrogen and oxygen atoms in total. The molecule has 0 aromatic carbocycles. The van der Waals surface area contributed by atoms with Gasteiger partial charge in [-0.3, -0.25) is 4.79 Å². The van der Waals surface area contributed by atoms with Crippen molar-refractivity contribution >= 4 is 17.2 Å². The van der Waals surface area contributed by atoms with Gasteiger partial charge in [0.05, 0.1) is 0 Å². The molecular weight excluding hydrogens is 170 g/mol. The van der Waals surface area contributed by atoms with Gasteiger partial charge >= 0.3 is 0 Å². The molecule has 0 radical (unpaired) electrons. The minimum Gasteiger partial charge on any atom is -0.355 e. The van der Waals surface area contributed by atoms with Crippen molar-refractivity contribution < 1.29 is 4.79 Å². The molecule has 1 aromatic rings. The van der Waals surface area contributed by atoms with Crippen molar-refractivity contribution in [1.82, 2.24) is 5.32 Å². The van der Waals surface area contributed by atoms with Crippen LogP contribution in [0.25, 0.3) is 0 Å². The summed E-state index contributed by atoms with van der Waals surface area (Å²) >= 11 is 1.76. The van der Waals surface area contributed by atoms with Crippen molar-refractivity contribution in [3.05, 3.63) is 21.9 Å². The Kier molecular flexibility index (Phi) is 1.89. The molecule has 1 fully saturated rings. The third kappa shape index (κ3) is 1.37. The number of nitrogens with one attached hydrogen (secondary N) is 1. The largest absolute Gasteiger partial charge is 0.355 e. The van der Waals surface area contributed by atoms with E-state index in [0.717, 1.165) is 6.54 Å². The maximum Gasteiger partial charge on any atom is 0.220 e. The Morgan fingerprint density at radius 3 is 3.00 bits per heavy atom. The molecule has 1 aliphatic heterocycles. The monoisotopic (exact) mass is 181 g/mol. The second-order valence-electron chi connectivity index (χ2n) is 3.23. The number of aryl methyl sites for hydroxylation is 1. The van der Waals surface area contributed by atoms with Crippen LogP contribution in [-0.4, -0.2) is 12.5 Å². The lowest BCUT2D eigenvalue weighted by Crippen LogP contribution is -2.13. The van der Waals surface area contributed by atoms with E-state index < -0.39 is 0 Å². The first-order valence-corrected chi connectivity index (χ1v) is 4.95. The molecule has 1 saturated heterocycles. The van der Waals surface area contributed by atoms with E-state index in [-0.39, 0.29) is 5.91 Å². The zero-order valence-corrected chi connectivity index (χ0v) is 7.78. The van der Waals surface area contributed by atoms with Gasteiger partial charge < -0.3 is 5.32 Å². The SMILES string of the molecule is Cc1csc(C2CNC(=O)C2)c1. The lowest BCUT2D eigenvalue weighted by molar-refractivity contribution is -0.119. The van der Waals surface area contributed by atoms with Crippen molar-refractivity contribution in [3.63, 3.8) is 0 Å². The highest BCUT2D eigenvalue weighted by atomic mass is 32.1. The predicted molar refractivity (Wildman–Crippen MR) is 49.4 cm³/mol. The lowest BCUT2D eigenvalue weighted by atomic mass is 10.1. The molecule has 1 N–H and O–H groups in total. The number of hydrogen-bond donors (Lipinski definition) is 1. The van der Waals surface area contributed by atoms with Crippen LogP contribution < -0.4 is 5.32 Å². The highest BCUT2D eigenvalue weighted by molar-refractivity contribution is 7.10. The minimum absolute atomic E-state index is 0.186. The summed E-state index contributed by atoms with van der Waals surface area (Å²) in [6, 6.07) is 2.18. The third-order valence-electron chi connectivity index (χ3n) is 2.13. The first-order valence-electron chi connectivity index (χ1n) is 4.07. The predicted octanol–water partition coefficient (Wildman–Crippen LogP) is 1.66. The van der Waals surface area contributed by atoms with Gasteiger partial charge in [-0.15, -0.1) is 11.3 Å². The molecule has 0 spiro atoms. The molecule has 0 aliphatic carbocycles. The van der Waals surface area contributed by atoms with E-state index in [1.807, 2.05) is 0 Å². The van der Waals surface area contributed by atoms with Crippen molar-refractivity contribution in [3.8, 4) is 0 Å². The number of hydrogen-bond acceptors (Lipinski definition) is 2. The average Bonchev–Trinajstić information content (AvgIpc) is 2.58. The number of thiophene rings is 1. The molecule has 1 amide bonds. The molecule has 1 aromatic heterocycles. The maximum atomic E-state index is 10.9. The highest BCUT2D eigenvalue weighted by Crippen LogP contribution is 2.28. The van der Waals surface area contributed by atoms with Gasteiger partial charge in [-0.2, -0.15) is 0 Å². The Bertz CT molecular complexity index is 305. The van der Waals surface area contributed by atoms with E-state index in [1.54, 1.807) is 11.3 Å². The van der Waals surface area contributed by atoms with Crippen LogP contribution in [0.15, 0.2) is 11.4 Å². The van der Waals surface area contributed by atoms with Gasteiger partial charge in [-0.05, 0) is 23.9 Å². The van der Waals surface area contributed by atoms with Crippen LogP contribution in [-0.2, 0) is 4.79 Å². The second-order valence-corrected chi connectivity index (χ2v) is 4.17.